The molecule has 0 bridgehead atoms. The molecule has 2 aromatic heterocycles. The highest BCUT2D eigenvalue weighted by Crippen LogP contribution is 2.37. The van der Waals surface area contributed by atoms with E-state index in [2.05, 4.69) is 36.2 Å². The first-order valence-electron chi connectivity index (χ1n) is 13.6. The fraction of sp³-hybridized carbons (Fsp3) is 0.500. The molecule has 2 aliphatic heterocycles. The maximum Gasteiger partial charge on any atom is 0.254 e. The monoisotopic (exact) mass is 535 g/mol. The molecule has 4 heterocycles. The number of benzene rings is 1. The van der Waals surface area contributed by atoms with Crippen LogP contribution in [0, 0.1) is 0 Å². The van der Waals surface area contributed by atoms with Crippen molar-refractivity contribution in [3.8, 4) is 0 Å². The molecule has 3 aliphatic rings. The molecule has 2 atom stereocenters. The minimum atomic E-state index is -0.195. The summed E-state index contributed by atoms with van der Waals surface area (Å²) in [5, 5.41) is 18.1. The number of carbonyl (C=O) groups excluding carboxylic acids is 1. The van der Waals surface area contributed by atoms with Crippen LogP contribution >= 0.6 is 11.6 Å². The molecule has 3 fully saturated rings. The average molecular weight is 536 g/mol. The van der Waals surface area contributed by atoms with E-state index < -0.39 is 0 Å². The summed E-state index contributed by atoms with van der Waals surface area (Å²) in [5.41, 5.74) is 2.72. The van der Waals surface area contributed by atoms with Crippen molar-refractivity contribution in [3.05, 3.63) is 70.8 Å². The number of amides is 1. The molecule has 2 saturated heterocycles. The molecule has 9 nitrogen and oxygen atoms in total. The zero-order valence-electron chi connectivity index (χ0n) is 21.4. The maximum atomic E-state index is 12.7. The zero-order valence-corrected chi connectivity index (χ0v) is 22.2. The van der Waals surface area contributed by atoms with Crippen molar-refractivity contribution in [1.29, 1.82) is 0 Å². The number of aliphatic hydroxyl groups excluding tert-OH is 1. The summed E-state index contributed by atoms with van der Waals surface area (Å²) in [5.74, 6) is 1.10. The Labute approximate surface area is 227 Å². The molecule has 1 amide bonds. The molecule has 1 aromatic carbocycles. The van der Waals surface area contributed by atoms with Crippen molar-refractivity contribution in [2.45, 2.75) is 62.8 Å². The Kier molecular flexibility index (Phi) is 7.32. The van der Waals surface area contributed by atoms with Gasteiger partial charge in [0, 0.05) is 67.4 Å². The molecule has 1 saturated carbocycles. The average Bonchev–Trinajstić information content (AvgIpc) is 3.64. The summed E-state index contributed by atoms with van der Waals surface area (Å²) >= 11 is 6.11. The maximum absolute atomic E-state index is 12.7. The number of carbonyl (C=O) groups is 1. The summed E-state index contributed by atoms with van der Waals surface area (Å²) < 4.78 is 1.75. The predicted octanol–water partition coefficient (Wildman–Crippen LogP) is 3.09. The molecule has 0 radical (unpaired) electrons. The van der Waals surface area contributed by atoms with Crippen molar-refractivity contribution < 1.29 is 9.90 Å². The number of hydrogen-bond donors (Lipinski definition) is 2. The number of aliphatic hydroxyl groups is 1. The number of halogens is 1. The van der Waals surface area contributed by atoms with Gasteiger partial charge in [-0.25, -0.2) is 9.97 Å². The Morgan fingerprint density at radius 2 is 1.97 bits per heavy atom. The number of β-amino-alcohol motifs (C(OH)–C–C–N with tert-alkyl or cyclic N) is 1. The van der Waals surface area contributed by atoms with Crippen LogP contribution < -0.4 is 10.2 Å². The van der Waals surface area contributed by atoms with Crippen LogP contribution in [0.1, 0.15) is 59.5 Å². The van der Waals surface area contributed by atoms with Gasteiger partial charge in [-0.15, -0.1) is 0 Å². The lowest BCUT2D eigenvalue weighted by molar-refractivity contribution is 0.0909. The molecule has 200 valence electrons. The van der Waals surface area contributed by atoms with E-state index in [-0.39, 0.29) is 18.1 Å². The molecular weight excluding hydrogens is 502 g/mol. The van der Waals surface area contributed by atoms with E-state index in [4.69, 9.17) is 11.6 Å². The van der Waals surface area contributed by atoms with Crippen LogP contribution in [0.25, 0.3) is 0 Å². The highest BCUT2D eigenvalue weighted by molar-refractivity contribution is 6.30. The number of likely N-dealkylation sites (tertiary alicyclic amines) is 1. The topological polar surface area (TPSA) is 99.4 Å². The Morgan fingerprint density at radius 3 is 2.74 bits per heavy atom. The van der Waals surface area contributed by atoms with Crippen LogP contribution in [0.2, 0.25) is 5.02 Å². The third-order valence-electron chi connectivity index (χ3n) is 8.08. The number of anilines is 1. The summed E-state index contributed by atoms with van der Waals surface area (Å²) in [6.45, 7) is 4.13. The molecular formula is C28H34ClN7O2. The molecule has 6 rings (SSSR count). The summed E-state index contributed by atoms with van der Waals surface area (Å²) in [6.07, 6.45) is 11.8. The number of hydrogen-bond acceptors (Lipinski definition) is 7. The van der Waals surface area contributed by atoms with Gasteiger partial charge in [-0.3, -0.25) is 14.4 Å². The van der Waals surface area contributed by atoms with Gasteiger partial charge >= 0.3 is 0 Å². The predicted molar refractivity (Wildman–Crippen MR) is 145 cm³/mol. The van der Waals surface area contributed by atoms with Gasteiger partial charge in [0.05, 0.1) is 24.4 Å². The van der Waals surface area contributed by atoms with Crippen LogP contribution in [0.5, 0.6) is 0 Å². The van der Waals surface area contributed by atoms with Gasteiger partial charge in [0.1, 0.15) is 0 Å². The van der Waals surface area contributed by atoms with E-state index in [9.17, 15) is 9.90 Å². The minimum Gasteiger partial charge on any atom is -0.392 e. The molecule has 0 unspecified atom stereocenters. The van der Waals surface area contributed by atoms with E-state index in [0.717, 1.165) is 74.8 Å². The third-order valence-corrected chi connectivity index (χ3v) is 8.31. The van der Waals surface area contributed by atoms with Crippen molar-refractivity contribution in [1.82, 2.24) is 30.0 Å². The van der Waals surface area contributed by atoms with Gasteiger partial charge in [-0.1, -0.05) is 23.7 Å². The van der Waals surface area contributed by atoms with Crippen LogP contribution in [0.15, 0.2) is 49.1 Å². The third kappa shape index (κ3) is 5.70. The van der Waals surface area contributed by atoms with Gasteiger partial charge in [0.25, 0.3) is 5.91 Å². The number of aromatic nitrogens is 4. The lowest BCUT2D eigenvalue weighted by Gasteiger charge is -2.36. The number of rotatable bonds is 8. The second-order valence-electron chi connectivity index (χ2n) is 10.9. The van der Waals surface area contributed by atoms with Crippen molar-refractivity contribution >= 4 is 23.5 Å². The molecule has 2 N–H and O–H groups in total. The molecule has 0 spiro atoms. The largest absolute Gasteiger partial charge is 0.392 e. The Hall–Kier alpha value is -3.01. The fourth-order valence-corrected chi connectivity index (χ4v) is 6.13. The SMILES string of the molecule is O=C(NC1CC(c2cccc(Cl)c2)C1)c1cnn(Cc2cnc(N3CCC[C@H]3CN3CC[C@@H](O)C3)nc2)c1. The number of nitrogens with zero attached hydrogens (tertiary/aromatic N) is 6. The van der Waals surface area contributed by atoms with Crippen LogP contribution in [-0.2, 0) is 6.54 Å². The standard InChI is InChI=1S/C28H34ClN7O2/c29-23-4-1-3-20(9-23)21-10-24(11-21)33-27(38)22-14-32-35(16-22)15-19-12-30-28(31-13-19)36-7-2-5-25(36)17-34-8-6-26(37)18-34/h1,3-4,9,12-14,16,21,24-26,37H,2,5-8,10-11,15,17-18H2,(H,33,38)/t21?,24?,25-,26+/m0/s1. The highest BCUT2D eigenvalue weighted by Gasteiger charge is 2.32. The fourth-order valence-electron chi connectivity index (χ4n) is 5.93. The first-order chi connectivity index (χ1) is 18.5. The van der Waals surface area contributed by atoms with Crippen molar-refractivity contribution in [2.24, 2.45) is 0 Å². The first kappa shape index (κ1) is 25.3. The second-order valence-corrected chi connectivity index (χ2v) is 11.3. The van der Waals surface area contributed by atoms with E-state index in [1.807, 2.05) is 30.6 Å². The van der Waals surface area contributed by atoms with Gasteiger partial charge in [0.2, 0.25) is 5.95 Å². The Morgan fingerprint density at radius 1 is 1.13 bits per heavy atom. The lowest BCUT2D eigenvalue weighted by atomic mass is 9.76. The van der Waals surface area contributed by atoms with E-state index >= 15 is 0 Å². The minimum absolute atomic E-state index is 0.0945. The normalized spacial score (nSPS) is 25.5. The second kappa shape index (κ2) is 11.0. The summed E-state index contributed by atoms with van der Waals surface area (Å²) in [6, 6.07) is 8.51. The molecule has 1 aliphatic carbocycles. The van der Waals surface area contributed by atoms with Gasteiger partial charge in [-0.05, 0) is 55.7 Å². The zero-order chi connectivity index (χ0) is 26.1. The Bertz CT molecular complexity index is 1260. The summed E-state index contributed by atoms with van der Waals surface area (Å²) in [4.78, 5) is 26.7. The lowest BCUT2D eigenvalue weighted by Crippen LogP contribution is -2.43. The van der Waals surface area contributed by atoms with E-state index in [0.29, 0.717) is 24.1 Å². The molecule has 38 heavy (non-hydrogen) atoms. The van der Waals surface area contributed by atoms with Crippen LogP contribution in [0.4, 0.5) is 5.95 Å². The molecule has 3 aromatic rings. The van der Waals surface area contributed by atoms with Crippen LogP contribution in [-0.4, -0.2) is 80.0 Å². The van der Waals surface area contributed by atoms with Gasteiger partial charge in [-0.2, -0.15) is 5.10 Å². The highest BCUT2D eigenvalue weighted by atomic mass is 35.5. The van der Waals surface area contributed by atoms with E-state index in [1.54, 1.807) is 17.1 Å². The Balaban J connectivity index is 0.998. The van der Waals surface area contributed by atoms with E-state index in [1.165, 1.54) is 5.56 Å². The number of nitrogens with one attached hydrogen (secondary N) is 1. The molecule has 10 heteroatoms. The van der Waals surface area contributed by atoms with Crippen molar-refractivity contribution in [3.63, 3.8) is 0 Å². The smallest absolute Gasteiger partial charge is 0.254 e. The summed E-state index contributed by atoms with van der Waals surface area (Å²) in [7, 11) is 0. The van der Waals surface area contributed by atoms with Gasteiger partial charge < -0.3 is 15.3 Å². The van der Waals surface area contributed by atoms with Gasteiger partial charge in [0.15, 0.2) is 0 Å². The van der Waals surface area contributed by atoms with Crippen molar-refractivity contribution in [2.75, 3.05) is 31.1 Å². The van der Waals surface area contributed by atoms with Crippen LogP contribution in [0.3, 0.4) is 0 Å². The first-order valence-corrected chi connectivity index (χ1v) is 13.9. The quantitative estimate of drug-likeness (QED) is 0.457.